The number of carboxylic acid groups (broad SMARTS) is 1. The molecule has 1 aromatic carbocycles. The minimum atomic E-state index is -4.60. The number of benzene rings is 1. The highest BCUT2D eigenvalue weighted by molar-refractivity contribution is 5.97. The molecular formula is C21H24F3NO4. The molecule has 0 spiro atoms. The number of aryl methyl sites for hydroxylation is 2. The van der Waals surface area contributed by atoms with E-state index in [0.29, 0.717) is 29.5 Å². The van der Waals surface area contributed by atoms with Gasteiger partial charge in [-0.2, -0.15) is 13.2 Å². The van der Waals surface area contributed by atoms with Crippen molar-refractivity contribution in [1.82, 2.24) is 5.32 Å². The number of alkyl halides is 3. The number of rotatable bonds is 6. The summed E-state index contributed by atoms with van der Waals surface area (Å²) in [7, 11) is 0. The number of halogens is 3. The van der Waals surface area contributed by atoms with Crippen LogP contribution in [-0.4, -0.2) is 34.3 Å². The fraction of sp³-hybridized carbons (Fsp3) is 0.429. The molecule has 3 N–H and O–H groups in total. The summed E-state index contributed by atoms with van der Waals surface area (Å²) in [6.07, 6.45) is -1.71. The zero-order valence-electron chi connectivity index (χ0n) is 16.4. The van der Waals surface area contributed by atoms with E-state index in [2.05, 4.69) is 5.32 Å². The molecular weight excluding hydrogens is 387 g/mol. The third-order valence-electron chi connectivity index (χ3n) is 5.04. The van der Waals surface area contributed by atoms with Gasteiger partial charge in [0, 0.05) is 5.56 Å². The van der Waals surface area contributed by atoms with Gasteiger partial charge in [-0.25, -0.2) is 0 Å². The summed E-state index contributed by atoms with van der Waals surface area (Å²) in [5.41, 5.74) is 0.934. The summed E-state index contributed by atoms with van der Waals surface area (Å²) in [6, 6.07) is 1.49. The largest absolute Gasteiger partial charge is 0.508 e. The highest BCUT2D eigenvalue weighted by Crippen LogP contribution is 2.35. The van der Waals surface area contributed by atoms with Crippen molar-refractivity contribution < 1.29 is 33.0 Å². The van der Waals surface area contributed by atoms with Crippen molar-refractivity contribution >= 4 is 11.9 Å². The molecule has 0 aliphatic heterocycles. The number of amides is 1. The van der Waals surface area contributed by atoms with Crippen molar-refractivity contribution in [3.63, 3.8) is 0 Å². The minimum absolute atomic E-state index is 0.0251. The molecule has 0 heterocycles. The van der Waals surface area contributed by atoms with Crippen LogP contribution in [0.3, 0.4) is 0 Å². The molecule has 2 atom stereocenters. The quantitative estimate of drug-likeness (QED) is 0.647. The average Bonchev–Trinajstić information content (AvgIpc) is 2.57. The number of carbonyl (C=O) groups is 2. The van der Waals surface area contributed by atoms with E-state index in [9.17, 15) is 27.9 Å². The van der Waals surface area contributed by atoms with Crippen LogP contribution in [0.2, 0.25) is 0 Å². The van der Waals surface area contributed by atoms with Gasteiger partial charge in [-0.15, -0.1) is 0 Å². The third kappa shape index (κ3) is 5.62. The molecule has 158 valence electrons. The first-order valence-electron chi connectivity index (χ1n) is 9.20. The SMILES string of the molecule is Cc1cc(O)cc(C)c1C(=O)NC1CC(CCC(C)C(=O)O)=CC=C1C(F)(F)F. The number of nitrogens with one attached hydrogen (secondary N) is 1. The van der Waals surface area contributed by atoms with Crippen molar-refractivity contribution in [3.8, 4) is 5.75 Å². The van der Waals surface area contributed by atoms with Gasteiger partial charge in [0.25, 0.3) is 5.91 Å². The zero-order valence-corrected chi connectivity index (χ0v) is 16.4. The predicted molar refractivity (Wildman–Crippen MR) is 102 cm³/mol. The number of aliphatic carboxylic acids is 1. The standard InChI is InChI=1S/C21H24F3NO4/c1-11(20(28)29)4-5-14-6-7-16(21(22,23)24)17(10-14)25-19(27)18-12(2)8-15(26)9-13(18)3/h6-9,11,17,26H,4-5,10H2,1-3H3,(H,25,27)(H,28,29). The Kier molecular flexibility index (Phi) is 6.77. The molecule has 8 heteroatoms. The Morgan fingerprint density at radius 2 is 1.79 bits per heavy atom. The Bertz CT molecular complexity index is 848. The van der Waals surface area contributed by atoms with Gasteiger partial charge in [0.2, 0.25) is 0 Å². The Morgan fingerprint density at radius 3 is 2.31 bits per heavy atom. The smallest absolute Gasteiger partial charge is 0.414 e. The highest BCUT2D eigenvalue weighted by atomic mass is 19.4. The van der Waals surface area contributed by atoms with Gasteiger partial charge in [-0.05, 0) is 56.4 Å². The van der Waals surface area contributed by atoms with Crippen molar-refractivity contribution in [1.29, 1.82) is 0 Å². The van der Waals surface area contributed by atoms with Crippen LogP contribution in [0.25, 0.3) is 0 Å². The Labute approximate surface area is 166 Å². The molecule has 0 aromatic heterocycles. The van der Waals surface area contributed by atoms with Crippen molar-refractivity contribution in [2.45, 2.75) is 52.3 Å². The molecule has 0 saturated carbocycles. The lowest BCUT2D eigenvalue weighted by molar-refractivity contribution is -0.141. The number of hydrogen-bond acceptors (Lipinski definition) is 3. The molecule has 2 rings (SSSR count). The van der Waals surface area contributed by atoms with E-state index in [1.807, 2.05) is 0 Å². The second-order valence-corrected chi connectivity index (χ2v) is 7.41. The molecule has 1 aromatic rings. The van der Waals surface area contributed by atoms with Crippen LogP contribution in [0.1, 0.15) is 47.7 Å². The molecule has 2 unspecified atom stereocenters. The number of phenols is 1. The molecule has 5 nitrogen and oxygen atoms in total. The van der Waals surface area contributed by atoms with Crippen molar-refractivity contribution in [2.75, 3.05) is 0 Å². The van der Waals surface area contributed by atoms with E-state index >= 15 is 0 Å². The summed E-state index contributed by atoms with van der Waals surface area (Å²) in [6.45, 7) is 4.74. The van der Waals surface area contributed by atoms with Gasteiger partial charge in [0.1, 0.15) is 5.75 Å². The van der Waals surface area contributed by atoms with Crippen molar-refractivity contribution in [2.24, 2.45) is 5.92 Å². The van der Waals surface area contributed by atoms with Crippen LogP contribution in [0.4, 0.5) is 13.2 Å². The number of hydrogen-bond donors (Lipinski definition) is 3. The lowest BCUT2D eigenvalue weighted by Crippen LogP contribution is -2.42. The first-order chi connectivity index (χ1) is 13.4. The fourth-order valence-electron chi connectivity index (χ4n) is 3.42. The number of allylic oxidation sites excluding steroid dienone is 2. The summed E-state index contributed by atoms with van der Waals surface area (Å²) >= 11 is 0. The van der Waals surface area contributed by atoms with Gasteiger partial charge in [-0.1, -0.05) is 24.6 Å². The number of carboxylic acids is 1. The summed E-state index contributed by atoms with van der Waals surface area (Å²) in [5.74, 6) is -2.25. The van der Waals surface area contributed by atoms with E-state index < -0.39 is 35.6 Å². The first-order valence-corrected chi connectivity index (χ1v) is 9.20. The second-order valence-electron chi connectivity index (χ2n) is 7.41. The van der Waals surface area contributed by atoms with Crippen LogP contribution >= 0.6 is 0 Å². The average molecular weight is 411 g/mol. The highest BCUT2D eigenvalue weighted by Gasteiger charge is 2.40. The second kappa shape index (κ2) is 8.71. The summed E-state index contributed by atoms with van der Waals surface area (Å²) < 4.78 is 40.3. The normalized spacial score (nSPS) is 17.9. The molecule has 1 amide bonds. The van der Waals surface area contributed by atoms with E-state index in [-0.39, 0.29) is 17.7 Å². The number of aromatic hydroxyl groups is 1. The number of carbonyl (C=O) groups excluding carboxylic acids is 1. The predicted octanol–water partition coefficient (Wildman–Crippen LogP) is 4.43. The lowest BCUT2D eigenvalue weighted by atomic mass is 9.88. The molecule has 1 aliphatic carbocycles. The topological polar surface area (TPSA) is 86.6 Å². The Hall–Kier alpha value is -2.77. The fourth-order valence-corrected chi connectivity index (χ4v) is 3.42. The van der Waals surface area contributed by atoms with Crippen LogP contribution in [0.5, 0.6) is 5.75 Å². The van der Waals surface area contributed by atoms with Gasteiger partial charge in [0.05, 0.1) is 17.5 Å². The molecule has 0 bridgehead atoms. The zero-order chi connectivity index (χ0) is 21.9. The van der Waals surface area contributed by atoms with E-state index in [0.717, 1.165) is 6.08 Å². The van der Waals surface area contributed by atoms with Crippen molar-refractivity contribution in [3.05, 3.63) is 52.1 Å². The van der Waals surface area contributed by atoms with Crippen LogP contribution in [0.15, 0.2) is 35.4 Å². The van der Waals surface area contributed by atoms with E-state index in [4.69, 9.17) is 5.11 Å². The molecule has 0 fully saturated rings. The van der Waals surface area contributed by atoms with Gasteiger partial charge in [0.15, 0.2) is 0 Å². The van der Waals surface area contributed by atoms with Gasteiger partial charge in [-0.3, -0.25) is 9.59 Å². The van der Waals surface area contributed by atoms with Crippen LogP contribution in [-0.2, 0) is 4.79 Å². The summed E-state index contributed by atoms with van der Waals surface area (Å²) in [5, 5.41) is 21.1. The summed E-state index contributed by atoms with van der Waals surface area (Å²) in [4.78, 5) is 23.7. The Morgan fingerprint density at radius 1 is 1.21 bits per heavy atom. The molecule has 1 aliphatic rings. The molecule has 0 saturated heterocycles. The molecule has 0 radical (unpaired) electrons. The monoisotopic (exact) mass is 411 g/mol. The van der Waals surface area contributed by atoms with Gasteiger partial charge < -0.3 is 15.5 Å². The first kappa shape index (κ1) is 22.5. The lowest BCUT2D eigenvalue weighted by Gasteiger charge is -2.28. The Balaban J connectivity index is 2.23. The maximum absolute atomic E-state index is 13.4. The minimum Gasteiger partial charge on any atom is -0.508 e. The maximum Gasteiger partial charge on any atom is 0.414 e. The van der Waals surface area contributed by atoms with Crippen LogP contribution in [0, 0.1) is 19.8 Å². The number of phenolic OH excluding ortho intramolecular Hbond substituents is 1. The van der Waals surface area contributed by atoms with Gasteiger partial charge >= 0.3 is 12.1 Å². The maximum atomic E-state index is 13.4. The van der Waals surface area contributed by atoms with E-state index in [1.165, 1.54) is 18.2 Å². The van der Waals surface area contributed by atoms with Crippen LogP contribution < -0.4 is 5.32 Å². The third-order valence-corrected chi connectivity index (χ3v) is 5.04. The van der Waals surface area contributed by atoms with E-state index in [1.54, 1.807) is 20.8 Å². The molecule has 29 heavy (non-hydrogen) atoms.